The van der Waals surface area contributed by atoms with Gasteiger partial charge in [-0.1, -0.05) is 18.2 Å². The summed E-state index contributed by atoms with van der Waals surface area (Å²) in [6.07, 6.45) is 0. The van der Waals surface area contributed by atoms with Gasteiger partial charge in [0.15, 0.2) is 0 Å². The molecule has 15 heavy (non-hydrogen) atoms. The van der Waals surface area contributed by atoms with Crippen molar-refractivity contribution in [3.05, 3.63) is 42.5 Å². The zero-order valence-corrected chi connectivity index (χ0v) is 8.01. The minimum absolute atomic E-state index is 0.233. The largest absolute Gasteiger partial charge is 0.508 e. The van der Waals surface area contributed by atoms with E-state index in [1.165, 1.54) is 0 Å². The first-order chi connectivity index (χ1) is 7.27. The van der Waals surface area contributed by atoms with Crippen molar-refractivity contribution in [2.45, 2.75) is 0 Å². The molecule has 0 unspecified atom stereocenters. The summed E-state index contributed by atoms with van der Waals surface area (Å²) in [5.41, 5.74) is 1.81. The zero-order chi connectivity index (χ0) is 10.4. The second-order valence-electron chi connectivity index (χ2n) is 3.59. The third kappa shape index (κ3) is 1.00. The number of nitrogens with zero attached hydrogens (tertiary/aromatic N) is 1. The molecule has 0 saturated carbocycles. The van der Waals surface area contributed by atoms with E-state index in [1.807, 2.05) is 30.3 Å². The molecule has 3 heteroatoms. The summed E-state index contributed by atoms with van der Waals surface area (Å²) in [6, 6.07) is 13.2. The molecule has 0 atom stereocenters. The first kappa shape index (κ1) is 8.17. The Labute approximate surface area is 86.3 Å². The highest BCUT2D eigenvalue weighted by molar-refractivity contribution is 6.08. The third-order valence-electron chi connectivity index (χ3n) is 2.69. The summed E-state index contributed by atoms with van der Waals surface area (Å²) in [5.74, 6) is 6.18. The second kappa shape index (κ2) is 2.67. The number of phenolic OH excluding ortho intramolecular Hbond substituents is 1. The van der Waals surface area contributed by atoms with Gasteiger partial charge in [-0.15, -0.1) is 0 Å². The lowest BCUT2D eigenvalue weighted by molar-refractivity contribution is 0.476. The van der Waals surface area contributed by atoms with Crippen LogP contribution in [0.5, 0.6) is 5.75 Å². The van der Waals surface area contributed by atoms with Crippen LogP contribution >= 0.6 is 0 Å². The molecule has 0 aliphatic carbocycles. The van der Waals surface area contributed by atoms with Crippen molar-refractivity contribution >= 4 is 21.8 Å². The molecule has 1 aromatic heterocycles. The van der Waals surface area contributed by atoms with Crippen molar-refractivity contribution in [1.82, 2.24) is 4.68 Å². The predicted molar refractivity (Wildman–Crippen MR) is 61.3 cm³/mol. The van der Waals surface area contributed by atoms with E-state index in [9.17, 15) is 5.11 Å². The van der Waals surface area contributed by atoms with E-state index in [4.69, 9.17) is 5.84 Å². The van der Waals surface area contributed by atoms with E-state index in [0.717, 1.165) is 21.8 Å². The van der Waals surface area contributed by atoms with E-state index in [2.05, 4.69) is 0 Å². The zero-order valence-electron chi connectivity index (χ0n) is 8.01. The Kier molecular flexibility index (Phi) is 1.45. The predicted octanol–water partition coefficient (Wildman–Crippen LogP) is 2.21. The molecule has 0 radical (unpaired) electrons. The molecule has 1 heterocycles. The number of benzene rings is 2. The number of rotatable bonds is 0. The summed E-state index contributed by atoms with van der Waals surface area (Å²) in [4.78, 5) is 0. The van der Waals surface area contributed by atoms with Crippen LogP contribution in [0.25, 0.3) is 21.8 Å². The minimum atomic E-state index is 0.233. The Bertz CT molecular complexity index is 655. The molecule has 0 saturated heterocycles. The van der Waals surface area contributed by atoms with Gasteiger partial charge >= 0.3 is 0 Å². The van der Waals surface area contributed by atoms with Crippen molar-refractivity contribution in [1.29, 1.82) is 0 Å². The summed E-state index contributed by atoms with van der Waals surface area (Å²) >= 11 is 0. The average molecular weight is 198 g/mol. The van der Waals surface area contributed by atoms with Crippen LogP contribution < -0.4 is 5.84 Å². The molecule has 0 fully saturated rings. The maximum absolute atomic E-state index is 9.41. The van der Waals surface area contributed by atoms with Crippen molar-refractivity contribution < 1.29 is 5.11 Å². The van der Waals surface area contributed by atoms with Gasteiger partial charge in [-0.2, -0.15) is 0 Å². The number of nitrogen functional groups attached to an aromatic ring is 1. The molecule has 0 amide bonds. The lowest BCUT2D eigenvalue weighted by Crippen LogP contribution is -2.06. The molecule has 74 valence electrons. The number of hydrogen-bond acceptors (Lipinski definition) is 2. The SMILES string of the molecule is Nn1c2ccccc2c2ccc(O)cc21. The van der Waals surface area contributed by atoms with Gasteiger partial charge in [0.25, 0.3) is 0 Å². The highest BCUT2D eigenvalue weighted by Gasteiger charge is 2.07. The van der Waals surface area contributed by atoms with Crippen LogP contribution in [0, 0.1) is 0 Å². The molecule has 3 nitrogen and oxygen atoms in total. The number of hydrogen-bond donors (Lipinski definition) is 2. The Morgan fingerprint density at radius 1 is 0.933 bits per heavy atom. The van der Waals surface area contributed by atoms with E-state index in [0.29, 0.717) is 0 Å². The van der Waals surface area contributed by atoms with Gasteiger partial charge in [0.2, 0.25) is 0 Å². The van der Waals surface area contributed by atoms with Gasteiger partial charge in [-0.3, -0.25) is 4.68 Å². The number of para-hydroxylation sites is 1. The van der Waals surface area contributed by atoms with Crippen LogP contribution in [-0.2, 0) is 0 Å². The van der Waals surface area contributed by atoms with Crippen LogP contribution in [0.2, 0.25) is 0 Å². The number of fused-ring (bicyclic) bond motifs is 3. The summed E-state index contributed by atoms with van der Waals surface area (Å²) in [5, 5.41) is 11.6. The van der Waals surface area contributed by atoms with Gasteiger partial charge in [-0.25, -0.2) is 0 Å². The highest BCUT2D eigenvalue weighted by atomic mass is 16.3. The van der Waals surface area contributed by atoms with Crippen molar-refractivity contribution in [2.75, 3.05) is 5.84 Å². The summed E-state index contributed by atoms with van der Waals surface area (Å²) in [7, 11) is 0. The molecule has 3 aromatic rings. The van der Waals surface area contributed by atoms with Gasteiger partial charge in [0, 0.05) is 16.8 Å². The maximum Gasteiger partial charge on any atom is 0.117 e. The fourth-order valence-electron chi connectivity index (χ4n) is 1.99. The molecule has 2 aromatic carbocycles. The van der Waals surface area contributed by atoms with Crippen molar-refractivity contribution in [3.8, 4) is 5.75 Å². The molecule has 0 bridgehead atoms. The highest BCUT2D eigenvalue weighted by Crippen LogP contribution is 2.29. The van der Waals surface area contributed by atoms with E-state index in [1.54, 1.807) is 16.8 Å². The summed E-state index contributed by atoms with van der Waals surface area (Å²) in [6.45, 7) is 0. The van der Waals surface area contributed by atoms with E-state index >= 15 is 0 Å². The van der Waals surface area contributed by atoms with E-state index in [-0.39, 0.29) is 5.75 Å². The molecular formula is C12H10N2O. The first-order valence-corrected chi connectivity index (χ1v) is 4.74. The Balaban J connectivity index is 2.63. The number of phenols is 1. The maximum atomic E-state index is 9.41. The van der Waals surface area contributed by atoms with Crippen molar-refractivity contribution in [3.63, 3.8) is 0 Å². The van der Waals surface area contributed by atoms with Crippen LogP contribution in [0.15, 0.2) is 42.5 Å². The smallest absolute Gasteiger partial charge is 0.117 e. The third-order valence-corrected chi connectivity index (χ3v) is 2.69. The lowest BCUT2D eigenvalue weighted by Gasteiger charge is -1.97. The van der Waals surface area contributed by atoms with Crippen LogP contribution in [0.4, 0.5) is 0 Å². The standard InChI is InChI=1S/C12H10N2O/c13-14-11-4-2-1-3-9(11)10-6-5-8(15)7-12(10)14/h1-7,15H,13H2. The quantitative estimate of drug-likeness (QED) is 0.544. The number of aromatic nitrogens is 1. The van der Waals surface area contributed by atoms with Crippen molar-refractivity contribution in [2.24, 2.45) is 0 Å². The first-order valence-electron chi connectivity index (χ1n) is 4.74. The molecule has 0 aliphatic rings. The lowest BCUT2D eigenvalue weighted by atomic mass is 10.1. The Morgan fingerprint density at radius 3 is 2.53 bits per heavy atom. The monoisotopic (exact) mass is 198 g/mol. The van der Waals surface area contributed by atoms with Crippen LogP contribution in [0.1, 0.15) is 0 Å². The van der Waals surface area contributed by atoms with Crippen LogP contribution in [-0.4, -0.2) is 9.78 Å². The minimum Gasteiger partial charge on any atom is -0.508 e. The Morgan fingerprint density at radius 2 is 1.67 bits per heavy atom. The van der Waals surface area contributed by atoms with Gasteiger partial charge in [0.05, 0.1) is 11.0 Å². The van der Waals surface area contributed by atoms with Gasteiger partial charge in [0.1, 0.15) is 5.75 Å². The summed E-state index contributed by atoms with van der Waals surface area (Å²) < 4.78 is 1.60. The molecule has 3 rings (SSSR count). The fourth-order valence-corrected chi connectivity index (χ4v) is 1.99. The second-order valence-corrected chi connectivity index (χ2v) is 3.59. The average Bonchev–Trinajstić information content (AvgIpc) is 2.54. The molecule has 0 aliphatic heterocycles. The van der Waals surface area contributed by atoms with E-state index < -0.39 is 0 Å². The normalized spacial score (nSPS) is 11.2. The molecule has 3 N–H and O–H groups in total. The van der Waals surface area contributed by atoms with Gasteiger partial charge < -0.3 is 10.9 Å². The molecular weight excluding hydrogens is 188 g/mol. The molecule has 0 spiro atoms. The Hall–Kier alpha value is -2.16. The van der Waals surface area contributed by atoms with Gasteiger partial charge in [-0.05, 0) is 18.2 Å². The fraction of sp³-hybridized carbons (Fsp3) is 0. The topological polar surface area (TPSA) is 51.2 Å². The number of nitrogens with two attached hydrogens (primary N) is 1. The number of aromatic hydroxyl groups is 1. The van der Waals surface area contributed by atoms with Crippen LogP contribution in [0.3, 0.4) is 0 Å².